The fraction of sp³-hybridized carbons (Fsp3) is 0.889. The number of ether oxygens (including phenoxy) is 1. The normalized spacial score (nSPS) is 26.2. The first-order valence-electron chi connectivity index (χ1n) is 4.90. The van der Waals surface area contributed by atoms with Gasteiger partial charge in [0.15, 0.2) is 5.60 Å². The summed E-state index contributed by atoms with van der Waals surface area (Å²) in [4.78, 5) is 12.3. The van der Waals surface area contributed by atoms with Crippen molar-refractivity contribution in [1.82, 2.24) is 4.90 Å². The Balaban J connectivity index is 2.80. The first-order valence-corrected chi connectivity index (χ1v) is 5.44. The summed E-state index contributed by atoms with van der Waals surface area (Å²) in [5.74, 6) is -0.799. The molecule has 94 valence electrons. The Morgan fingerprint density at radius 2 is 2.19 bits per heavy atom. The molecule has 0 N–H and O–H groups in total. The number of likely N-dealkylation sites (tertiary alicyclic amines) is 1. The second kappa shape index (κ2) is 4.79. The van der Waals surface area contributed by atoms with Gasteiger partial charge in [-0.3, -0.25) is 4.79 Å². The quantitative estimate of drug-likeness (QED) is 0.724. The van der Waals surface area contributed by atoms with E-state index < -0.39 is 24.2 Å². The number of carbonyl (C=O) groups is 1. The number of alkyl halides is 4. The fourth-order valence-electron chi connectivity index (χ4n) is 1.79. The van der Waals surface area contributed by atoms with E-state index in [2.05, 4.69) is 0 Å². The standard InChI is InChI=1S/C9H13ClF3NO2/c1-2-16-8(9(11,12)13)3-4-14(6-8)7(15)5-10/h2-6H2,1H3/t8-/m1/s1. The van der Waals surface area contributed by atoms with Crippen molar-refractivity contribution in [1.29, 1.82) is 0 Å². The summed E-state index contributed by atoms with van der Waals surface area (Å²) < 4.78 is 43.4. The molecular weight excluding hydrogens is 247 g/mol. The number of amides is 1. The van der Waals surface area contributed by atoms with E-state index >= 15 is 0 Å². The molecule has 1 aliphatic rings. The van der Waals surface area contributed by atoms with Crippen LogP contribution in [0.5, 0.6) is 0 Å². The minimum absolute atomic E-state index is 0.0328. The molecule has 1 amide bonds. The van der Waals surface area contributed by atoms with Crippen LogP contribution < -0.4 is 0 Å². The molecule has 0 aromatic rings. The Kier molecular flexibility index (Phi) is 4.07. The number of halogens is 4. The van der Waals surface area contributed by atoms with Gasteiger partial charge in [-0.05, 0) is 6.92 Å². The average Bonchev–Trinajstić information content (AvgIpc) is 2.62. The van der Waals surface area contributed by atoms with Crippen LogP contribution in [0, 0.1) is 0 Å². The van der Waals surface area contributed by atoms with Gasteiger partial charge in [-0.25, -0.2) is 0 Å². The van der Waals surface area contributed by atoms with Crippen LogP contribution in [0.15, 0.2) is 0 Å². The Hall–Kier alpha value is -0.490. The molecule has 1 saturated heterocycles. The lowest BCUT2D eigenvalue weighted by Crippen LogP contribution is -2.50. The third kappa shape index (κ3) is 2.43. The zero-order valence-electron chi connectivity index (χ0n) is 8.81. The number of nitrogens with zero attached hydrogens (tertiary/aromatic N) is 1. The molecule has 0 saturated carbocycles. The van der Waals surface area contributed by atoms with Crippen LogP contribution in [0.25, 0.3) is 0 Å². The predicted molar refractivity (Wildman–Crippen MR) is 52.3 cm³/mol. The molecule has 0 radical (unpaired) electrons. The van der Waals surface area contributed by atoms with Crippen molar-refractivity contribution in [3.05, 3.63) is 0 Å². The minimum atomic E-state index is -4.47. The van der Waals surface area contributed by atoms with Crippen molar-refractivity contribution in [2.24, 2.45) is 0 Å². The second-order valence-corrected chi connectivity index (χ2v) is 3.89. The Morgan fingerprint density at radius 1 is 1.56 bits per heavy atom. The van der Waals surface area contributed by atoms with E-state index in [1.165, 1.54) is 6.92 Å². The van der Waals surface area contributed by atoms with Crippen LogP contribution >= 0.6 is 11.6 Å². The molecule has 7 heteroatoms. The number of rotatable bonds is 3. The topological polar surface area (TPSA) is 29.5 Å². The monoisotopic (exact) mass is 259 g/mol. The Morgan fingerprint density at radius 3 is 2.62 bits per heavy atom. The number of hydrogen-bond acceptors (Lipinski definition) is 2. The lowest BCUT2D eigenvalue weighted by atomic mass is 10.0. The summed E-state index contributed by atoms with van der Waals surface area (Å²) in [6.07, 6.45) is -4.70. The summed E-state index contributed by atoms with van der Waals surface area (Å²) in [5, 5.41) is 0. The van der Waals surface area contributed by atoms with Crippen LogP contribution in [-0.2, 0) is 9.53 Å². The number of hydrogen-bond donors (Lipinski definition) is 0. The average molecular weight is 260 g/mol. The summed E-state index contributed by atoms with van der Waals surface area (Å²) in [5.41, 5.74) is -2.22. The van der Waals surface area contributed by atoms with Gasteiger partial charge < -0.3 is 9.64 Å². The molecule has 1 fully saturated rings. The van der Waals surface area contributed by atoms with E-state index in [1.807, 2.05) is 0 Å². The van der Waals surface area contributed by atoms with E-state index in [0.717, 1.165) is 4.90 Å². The second-order valence-electron chi connectivity index (χ2n) is 3.62. The van der Waals surface area contributed by atoms with Crippen LogP contribution in [0.4, 0.5) is 13.2 Å². The van der Waals surface area contributed by atoms with Gasteiger partial charge in [-0.2, -0.15) is 13.2 Å². The summed E-state index contributed by atoms with van der Waals surface area (Å²) >= 11 is 5.30. The smallest absolute Gasteiger partial charge is 0.364 e. The Labute approximate surface area is 96.5 Å². The van der Waals surface area contributed by atoms with Crippen molar-refractivity contribution in [2.45, 2.75) is 25.1 Å². The van der Waals surface area contributed by atoms with Crippen LogP contribution in [-0.4, -0.2) is 48.2 Å². The van der Waals surface area contributed by atoms with E-state index in [0.29, 0.717) is 0 Å². The third-order valence-electron chi connectivity index (χ3n) is 2.64. The zero-order chi connectivity index (χ0) is 12.4. The molecule has 0 spiro atoms. The van der Waals surface area contributed by atoms with Crippen molar-refractivity contribution in [2.75, 3.05) is 25.6 Å². The van der Waals surface area contributed by atoms with Crippen molar-refractivity contribution in [3.63, 3.8) is 0 Å². The molecule has 0 bridgehead atoms. The fourth-order valence-corrected chi connectivity index (χ4v) is 1.96. The van der Waals surface area contributed by atoms with Crippen LogP contribution in [0.1, 0.15) is 13.3 Å². The van der Waals surface area contributed by atoms with Crippen molar-refractivity contribution < 1.29 is 22.7 Å². The summed E-state index contributed by atoms with van der Waals surface area (Å²) in [6, 6.07) is 0. The van der Waals surface area contributed by atoms with Gasteiger partial charge in [0.1, 0.15) is 5.88 Å². The third-order valence-corrected chi connectivity index (χ3v) is 2.86. The molecular formula is C9H13ClF3NO2. The van der Waals surface area contributed by atoms with Crippen LogP contribution in [0.3, 0.4) is 0 Å². The minimum Gasteiger partial charge on any atom is -0.364 e. The van der Waals surface area contributed by atoms with Gasteiger partial charge in [0.05, 0.1) is 6.54 Å². The molecule has 0 aliphatic carbocycles. The largest absolute Gasteiger partial charge is 0.419 e. The van der Waals surface area contributed by atoms with Gasteiger partial charge in [-0.15, -0.1) is 11.6 Å². The Bertz CT molecular complexity index is 272. The molecule has 0 aromatic heterocycles. The summed E-state index contributed by atoms with van der Waals surface area (Å²) in [7, 11) is 0. The highest BCUT2D eigenvalue weighted by Crippen LogP contribution is 2.40. The van der Waals surface area contributed by atoms with Gasteiger partial charge in [0, 0.05) is 19.6 Å². The van der Waals surface area contributed by atoms with Gasteiger partial charge in [-0.1, -0.05) is 0 Å². The molecule has 1 aliphatic heterocycles. The predicted octanol–water partition coefficient (Wildman–Crippen LogP) is 1.80. The SMILES string of the molecule is CCO[C@]1(C(F)(F)F)CCN(C(=O)CCl)C1. The summed E-state index contributed by atoms with van der Waals surface area (Å²) in [6.45, 7) is 1.03. The molecule has 1 atom stereocenters. The van der Waals surface area contributed by atoms with Gasteiger partial charge >= 0.3 is 6.18 Å². The van der Waals surface area contributed by atoms with E-state index in [4.69, 9.17) is 16.3 Å². The maximum atomic E-state index is 12.8. The lowest BCUT2D eigenvalue weighted by Gasteiger charge is -2.31. The van der Waals surface area contributed by atoms with E-state index in [-0.39, 0.29) is 25.5 Å². The number of carbonyl (C=O) groups excluding carboxylic acids is 1. The molecule has 3 nitrogen and oxygen atoms in total. The molecule has 0 unspecified atom stereocenters. The van der Waals surface area contributed by atoms with Crippen LogP contribution in [0.2, 0.25) is 0 Å². The highest BCUT2D eigenvalue weighted by atomic mass is 35.5. The highest BCUT2D eigenvalue weighted by molar-refractivity contribution is 6.27. The van der Waals surface area contributed by atoms with Gasteiger partial charge in [0.2, 0.25) is 5.91 Å². The zero-order valence-corrected chi connectivity index (χ0v) is 9.57. The molecule has 1 rings (SSSR count). The van der Waals surface area contributed by atoms with E-state index in [1.54, 1.807) is 0 Å². The molecule has 16 heavy (non-hydrogen) atoms. The lowest BCUT2D eigenvalue weighted by molar-refractivity contribution is -0.270. The van der Waals surface area contributed by atoms with Crippen molar-refractivity contribution >= 4 is 17.5 Å². The maximum absolute atomic E-state index is 12.8. The molecule has 0 aromatic carbocycles. The first-order chi connectivity index (χ1) is 7.36. The van der Waals surface area contributed by atoms with E-state index in [9.17, 15) is 18.0 Å². The van der Waals surface area contributed by atoms with Gasteiger partial charge in [0.25, 0.3) is 0 Å². The maximum Gasteiger partial charge on any atom is 0.419 e. The molecule has 1 heterocycles. The highest BCUT2D eigenvalue weighted by Gasteiger charge is 2.59. The first kappa shape index (κ1) is 13.6. The van der Waals surface area contributed by atoms with Crippen molar-refractivity contribution in [3.8, 4) is 0 Å².